The number of aryl methyl sites for hydroxylation is 1. The minimum atomic E-state index is -0.116. The highest BCUT2D eigenvalue weighted by atomic mass is 15.3. The van der Waals surface area contributed by atoms with Crippen molar-refractivity contribution < 1.29 is 0 Å². The van der Waals surface area contributed by atoms with Gasteiger partial charge in [0, 0.05) is 31.6 Å². The van der Waals surface area contributed by atoms with Crippen molar-refractivity contribution in [3.8, 4) is 0 Å². The molecule has 0 amide bonds. The van der Waals surface area contributed by atoms with Crippen molar-refractivity contribution in [1.82, 2.24) is 29.3 Å². The Morgan fingerprint density at radius 2 is 1.89 bits per heavy atom. The predicted molar refractivity (Wildman–Crippen MR) is 105 cm³/mol. The Hall–Kier alpha value is -2.44. The van der Waals surface area contributed by atoms with Crippen LogP contribution in [-0.2, 0) is 25.6 Å². The summed E-state index contributed by atoms with van der Waals surface area (Å²) in [6.07, 6.45) is 5.48. The Bertz CT molecular complexity index is 1030. The molecular formula is C20H27N7. The third-order valence-corrected chi connectivity index (χ3v) is 5.69. The summed E-state index contributed by atoms with van der Waals surface area (Å²) in [5.74, 6) is 3.71. The summed E-state index contributed by atoms with van der Waals surface area (Å²) in [6.45, 7) is 10.2. The van der Waals surface area contributed by atoms with Crippen molar-refractivity contribution in [3.05, 3.63) is 29.2 Å². The zero-order chi connectivity index (χ0) is 18.9. The molecule has 1 saturated carbocycles. The van der Waals surface area contributed by atoms with Crippen molar-refractivity contribution in [2.75, 3.05) is 11.4 Å². The first kappa shape index (κ1) is 16.7. The Labute approximate surface area is 159 Å². The normalized spacial score (nSPS) is 17.6. The molecule has 7 nitrogen and oxygen atoms in total. The van der Waals surface area contributed by atoms with Crippen LogP contribution in [-0.4, -0.2) is 35.8 Å². The molecule has 0 spiro atoms. The number of nitrogens with zero attached hydrogens (tertiary/aromatic N) is 7. The topological polar surface area (TPSA) is 64.7 Å². The summed E-state index contributed by atoms with van der Waals surface area (Å²) >= 11 is 0. The standard InChI is InChI=1S/C20H27N7/c1-12-22-18(14-10-21-27(19(14)23-12)20(2,3)4)26-9-8-16-15(11-26)24-17(25(16)5)13-6-7-13/h10,13H,6-9,11H2,1-5H3. The number of rotatable bonds is 2. The lowest BCUT2D eigenvalue weighted by Gasteiger charge is -2.28. The lowest BCUT2D eigenvalue weighted by Crippen LogP contribution is -2.32. The monoisotopic (exact) mass is 365 g/mol. The molecule has 0 aromatic carbocycles. The fraction of sp³-hybridized carbons (Fsp3) is 0.600. The second-order valence-electron chi connectivity index (χ2n) is 8.93. The van der Waals surface area contributed by atoms with Crippen LogP contribution in [0.3, 0.4) is 0 Å². The van der Waals surface area contributed by atoms with E-state index in [1.807, 2.05) is 17.8 Å². The summed E-state index contributed by atoms with van der Waals surface area (Å²) in [5, 5.41) is 5.65. The first-order chi connectivity index (χ1) is 12.8. The minimum absolute atomic E-state index is 0.116. The Morgan fingerprint density at radius 1 is 1.11 bits per heavy atom. The predicted octanol–water partition coefficient (Wildman–Crippen LogP) is 3.06. The van der Waals surface area contributed by atoms with E-state index in [4.69, 9.17) is 15.0 Å². The second kappa shape index (κ2) is 5.53. The highest BCUT2D eigenvalue weighted by Crippen LogP contribution is 2.40. The van der Waals surface area contributed by atoms with Crippen LogP contribution in [0.4, 0.5) is 5.82 Å². The highest BCUT2D eigenvalue weighted by molar-refractivity contribution is 5.87. The molecule has 7 heteroatoms. The fourth-order valence-electron chi connectivity index (χ4n) is 4.17. The quantitative estimate of drug-likeness (QED) is 0.698. The van der Waals surface area contributed by atoms with Gasteiger partial charge in [0.15, 0.2) is 5.65 Å². The van der Waals surface area contributed by atoms with E-state index in [9.17, 15) is 0 Å². The Morgan fingerprint density at radius 3 is 2.59 bits per heavy atom. The molecule has 3 aromatic heterocycles. The van der Waals surface area contributed by atoms with E-state index in [1.165, 1.54) is 30.1 Å². The lowest BCUT2D eigenvalue weighted by atomic mass is 10.1. The Balaban J connectivity index is 1.56. The van der Waals surface area contributed by atoms with Gasteiger partial charge in [0.2, 0.25) is 0 Å². The van der Waals surface area contributed by atoms with Crippen LogP contribution in [0.1, 0.15) is 62.6 Å². The second-order valence-corrected chi connectivity index (χ2v) is 8.93. The summed E-state index contributed by atoms with van der Waals surface area (Å²) in [6, 6.07) is 0. The molecule has 0 saturated heterocycles. The maximum atomic E-state index is 4.99. The molecule has 1 aliphatic carbocycles. The van der Waals surface area contributed by atoms with Crippen LogP contribution in [0.25, 0.3) is 11.0 Å². The van der Waals surface area contributed by atoms with Gasteiger partial charge in [-0.05, 0) is 40.5 Å². The van der Waals surface area contributed by atoms with Gasteiger partial charge in [0.1, 0.15) is 17.5 Å². The van der Waals surface area contributed by atoms with E-state index in [2.05, 4.69) is 42.4 Å². The zero-order valence-electron chi connectivity index (χ0n) is 16.8. The SMILES string of the molecule is Cc1nc(N2CCc3c(nc(C4CC4)n3C)C2)c2cnn(C(C)(C)C)c2n1. The van der Waals surface area contributed by atoms with Crippen molar-refractivity contribution in [1.29, 1.82) is 0 Å². The number of hydrogen-bond acceptors (Lipinski definition) is 5. The molecule has 0 atom stereocenters. The van der Waals surface area contributed by atoms with E-state index in [1.54, 1.807) is 0 Å². The molecule has 142 valence electrons. The highest BCUT2D eigenvalue weighted by Gasteiger charge is 2.32. The van der Waals surface area contributed by atoms with Gasteiger partial charge in [0.25, 0.3) is 0 Å². The first-order valence-electron chi connectivity index (χ1n) is 9.85. The number of aromatic nitrogens is 6. The molecule has 1 aliphatic heterocycles. The van der Waals surface area contributed by atoms with E-state index in [-0.39, 0.29) is 5.54 Å². The molecule has 27 heavy (non-hydrogen) atoms. The van der Waals surface area contributed by atoms with Crippen molar-refractivity contribution >= 4 is 16.9 Å². The number of anilines is 1. The van der Waals surface area contributed by atoms with Gasteiger partial charge in [0.05, 0.1) is 29.4 Å². The molecule has 0 bridgehead atoms. The van der Waals surface area contributed by atoms with E-state index < -0.39 is 0 Å². The molecule has 5 rings (SSSR count). The van der Waals surface area contributed by atoms with Crippen molar-refractivity contribution in [2.24, 2.45) is 7.05 Å². The summed E-state index contributed by atoms with van der Waals surface area (Å²) in [7, 11) is 2.18. The van der Waals surface area contributed by atoms with E-state index in [0.29, 0.717) is 5.92 Å². The molecule has 0 radical (unpaired) electrons. The molecule has 1 fully saturated rings. The van der Waals surface area contributed by atoms with Crippen LogP contribution in [0.5, 0.6) is 0 Å². The van der Waals surface area contributed by atoms with Gasteiger partial charge >= 0.3 is 0 Å². The van der Waals surface area contributed by atoms with Gasteiger partial charge in [-0.1, -0.05) is 0 Å². The lowest BCUT2D eigenvalue weighted by molar-refractivity contribution is 0.365. The van der Waals surface area contributed by atoms with Crippen LogP contribution >= 0.6 is 0 Å². The maximum Gasteiger partial charge on any atom is 0.164 e. The molecular weight excluding hydrogens is 338 g/mol. The van der Waals surface area contributed by atoms with Crippen molar-refractivity contribution in [2.45, 2.75) is 65.0 Å². The van der Waals surface area contributed by atoms with Crippen LogP contribution in [0, 0.1) is 6.92 Å². The summed E-state index contributed by atoms with van der Waals surface area (Å²) in [5.41, 5.74) is 3.39. The first-order valence-corrected chi connectivity index (χ1v) is 9.85. The average Bonchev–Trinajstić information content (AvgIpc) is 3.27. The largest absolute Gasteiger partial charge is 0.350 e. The van der Waals surface area contributed by atoms with Crippen LogP contribution in [0.15, 0.2) is 6.20 Å². The summed E-state index contributed by atoms with van der Waals surface area (Å²) in [4.78, 5) is 16.8. The number of fused-ring (bicyclic) bond motifs is 2. The molecule has 3 aromatic rings. The van der Waals surface area contributed by atoms with E-state index >= 15 is 0 Å². The van der Waals surface area contributed by atoms with Gasteiger partial charge in [-0.2, -0.15) is 5.10 Å². The molecule has 4 heterocycles. The third kappa shape index (κ3) is 2.63. The molecule has 0 unspecified atom stereocenters. The van der Waals surface area contributed by atoms with Gasteiger partial charge < -0.3 is 9.47 Å². The summed E-state index contributed by atoms with van der Waals surface area (Å²) < 4.78 is 4.34. The third-order valence-electron chi connectivity index (χ3n) is 5.69. The minimum Gasteiger partial charge on any atom is -0.350 e. The molecule has 2 aliphatic rings. The van der Waals surface area contributed by atoms with Gasteiger partial charge in [-0.25, -0.2) is 19.6 Å². The van der Waals surface area contributed by atoms with Gasteiger partial charge in [-0.15, -0.1) is 0 Å². The smallest absolute Gasteiger partial charge is 0.164 e. The van der Waals surface area contributed by atoms with Gasteiger partial charge in [-0.3, -0.25) is 0 Å². The Kier molecular flexibility index (Phi) is 3.42. The van der Waals surface area contributed by atoms with Crippen LogP contribution in [0.2, 0.25) is 0 Å². The van der Waals surface area contributed by atoms with E-state index in [0.717, 1.165) is 42.2 Å². The zero-order valence-corrected chi connectivity index (χ0v) is 16.8. The van der Waals surface area contributed by atoms with Crippen molar-refractivity contribution in [3.63, 3.8) is 0 Å². The maximum absolute atomic E-state index is 4.99. The fourth-order valence-corrected chi connectivity index (χ4v) is 4.17. The van der Waals surface area contributed by atoms with Crippen LogP contribution < -0.4 is 4.90 Å². The number of imidazole rings is 1. The average molecular weight is 365 g/mol. The molecule has 0 N–H and O–H groups in total. The number of hydrogen-bond donors (Lipinski definition) is 0.